The maximum atomic E-state index is 12.5. The minimum Gasteiger partial charge on any atom is -0.398 e. The number of aryl methyl sites for hydroxylation is 2. The van der Waals surface area contributed by atoms with Crippen LogP contribution in [-0.4, -0.2) is 8.42 Å². The summed E-state index contributed by atoms with van der Waals surface area (Å²) in [5.41, 5.74) is 8.56. The highest BCUT2D eigenvalue weighted by atomic mass is 35.5. The van der Waals surface area contributed by atoms with Crippen molar-refractivity contribution < 1.29 is 8.42 Å². The Morgan fingerprint density at radius 1 is 1.10 bits per heavy atom. The highest BCUT2D eigenvalue weighted by Gasteiger charge is 2.19. The third-order valence-corrected chi connectivity index (χ3v) is 5.17. The molecule has 2 aromatic carbocycles. The Kier molecular flexibility index (Phi) is 4.06. The van der Waals surface area contributed by atoms with Gasteiger partial charge in [0.1, 0.15) is 0 Å². The van der Waals surface area contributed by atoms with Crippen molar-refractivity contribution in [1.29, 1.82) is 0 Å². The Hall–Kier alpha value is -1.52. The van der Waals surface area contributed by atoms with Crippen molar-refractivity contribution in [1.82, 2.24) is 0 Å². The Morgan fingerprint density at radius 2 is 1.80 bits per heavy atom. The van der Waals surface area contributed by atoms with E-state index in [0.717, 1.165) is 11.1 Å². The SMILES string of the molecule is Cc1ccc(S(=O)(=O)Cc2ccc(Cl)cc2N)c(C)c1. The maximum absolute atomic E-state index is 12.5. The minimum absolute atomic E-state index is 0.125. The van der Waals surface area contributed by atoms with Crippen LogP contribution in [0.15, 0.2) is 41.3 Å². The molecule has 0 saturated carbocycles. The zero-order valence-electron chi connectivity index (χ0n) is 11.4. The standard InChI is InChI=1S/C15H16ClNO2S/c1-10-3-6-15(11(2)7-10)20(18,19)9-12-4-5-13(16)8-14(12)17/h3-8H,9,17H2,1-2H3. The summed E-state index contributed by atoms with van der Waals surface area (Å²) in [7, 11) is -3.42. The molecule has 20 heavy (non-hydrogen) atoms. The maximum Gasteiger partial charge on any atom is 0.182 e. The van der Waals surface area contributed by atoms with Crippen LogP contribution in [0.2, 0.25) is 5.02 Å². The molecule has 3 nitrogen and oxygen atoms in total. The molecule has 0 aliphatic heterocycles. The molecule has 0 heterocycles. The van der Waals surface area contributed by atoms with Gasteiger partial charge in [0.15, 0.2) is 9.84 Å². The molecule has 0 saturated heterocycles. The predicted octanol–water partition coefficient (Wildman–Crippen LogP) is 3.51. The second kappa shape index (κ2) is 5.46. The summed E-state index contributed by atoms with van der Waals surface area (Å²) < 4.78 is 25.0. The second-order valence-electron chi connectivity index (χ2n) is 4.87. The van der Waals surface area contributed by atoms with Crippen molar-refractivity contribution in [2.75, 3.05) is 5.73 Å². The summed E-state index contributed by atoms with van der Waals surface area (Å²) in [4.78, 5) is 0.345. The number of rotatable bonds is 3. The molecule has 0 fully saturated rings. The number of nitrogens with two attached hydrogens (primary N) is 1. The Bertz CT molecular complexity index is 754. The molecule has 0 atom stereocenters. The lowest BCUT2D eigenvalue weighted by molar-refractivity contribution is 0.594. The molecule has 0 unspecified atom stereocenters. The third kappa shape index (κ3) is 3.14. The molecule has 0 bridgehead atoms. The largest absolute Gasteiger partial charge is 0.398 e. The van der Waals surface area contributed by atoms with Gasteiger partial charge in [0.25, 0.3) is 0 Å². The molecule has 0 spiro atoms. The molecule has 0 amide bonds. The van der Waals surface area contributed by atoms with Gasteiger partial charge in [-0.05, 0) is 43.2 Å². The first kappa shape index (κ1) is 14.9. The molecule has 2 N–H and O–H groups in total. The average molecular weight is 310 g/mol. The molecular weight excluding hydrogens is 294 g/mol. The van der Waals surface area contributed by atoms with Crippen molar-refractivity contribution in [2.24, 2.45) is 0 Å². The summed E-state index contributed by atoms with van der Waals surface area (Å²) in [6, 6.07) is 10.2. The van der Waals surface area contributed by atoms with Crippen LogP contribution in [0.1, 0.15) is 16.7 Å². The molecule has 0 aliphatic rings. The van der Waals surface area contributed by atoms with Crippen LogP contribution in [0.25, 0.3) is 0 Å². The van der Waals surface area contributed by atoms with Gasteiger partial charge >= 0.3 is 0 Å². The van der Waals surface area contributed by atoms with Crippen LogP contribution < -0.4 is 5.73 Å². The van der Waals surface area contributed by atoms with Gasteiger partial charge < -0.3 is 5.73 Å². The van der Waals surface area contributed by atoms with Crippen molar-refractivity contribution in [3.8, 4) is 0 Å². The van der Waals surface area contributed by atoms with E-state index in [1.54, 1.807) is 37.3 Å². The quantitative estimate of drug-likeness (QED) is 0.883. The first-order chi connectivity index (χ1) is 9.29. The first-order valence-electron chi connectivity index (χ1n) is 6.13. The molecule has 106 valence electrons. The number of halogens is 1. The van der Waals surface area contributed by atoms with Gasteiger partial charge in [0.05, 0.1) is 10.6 Å². The van der Waals surface area contributed by atoms with E-state index in [4.69, 9.17) is 17.3 Å². The van der Waals surface area contributed by atoms with Crippen molar-refractivity contribution in [3.05, 3.63) is 58.1 Å². The summed E-state index contributed by atoms with van der Waals surface area (Å²) in [6.07, 6.45) is 0. The minimum atomic E-state index is -3.42. The summed E-state index contributed by atoms with van der Waals surface area (Å²) in [6.45, 7) is 3.73. The predicted molar refractivity (Wildman–Crippen MR) is 82.7 cm³/mol. The topological polar surface area (TPSA) is 60.2 Å². The average Bonchev–Trinajstić information content (AvgIpc) is 2.32. The van der Waals surface area contributed by atoms with E-state index in [2.05, 4.69) is 0 Å². The Balaban J connectivity index is 2.41. The van der Waals surface area contributed by atoms with Crippen molar-refractivity contribution >= 4 is 27.1 Å². The van der Waals surface area contributed by atoms with Gasteiger partial charge in [-0.15, -0.1) is 0 Å². The van der Waals surface area contributed by atoms with Crippen molar-refractivity contribution in [2.45, 2.75) is 24.5 Å². The van der Waals surface area contributed by atoms with Gasteiger partial charge in [-0.2, -0.15) is 0 Å². The van der Waals surface area contributed by atoms with Crippen LogP contribution in [0.3, 0.4) is 0 Å². The molecule has 0 radical (unpaired) electrons. The molecule has 2 rings (SSSR count). The first-order valence-corrected chi connectivity index (χ1v) is 8.16. The van der Waals surface area contributed by atoms with E-state index in [0.29, 0.717) is 21.2 Å². The van der Waals surface area contributed by atoms with E-state index in [1.807, 2.05) is 13.0 Å². The second-order valence-corrected chi connectivity index (χ2v) is 7.27. The number of benzene rings is 2. The third-order valence-electron chi connectivity index (χ3n) is 3.12. The van der Waals surface area contributed by atoms with Gasteiger partial charge in [-0.3, -0.25) is 0 Å². The Morgan fingerprint density at radius 3 is 2.40 bits per heavy atom. The van der Waals surface area contributed by atoms with E-state index >= 15 is 0 Å². The van der Waals surface area contributed by atoms with E-state index < -0.39 is 9.84 Å². The molecule has 0 aromatic heterocycles. The number of anilines is 1. The highest BCUT2D eigenvalue weighted by molar-refractivity contribution is 7.90. The lowest BCUT2D eigenvalue weighted by atomic mass is 10.2. The fourth-order valence-electron chi connectivity index (χ4n) is 2.13. The summed E-state index contributed by atoms with van der Waals surface area (Å²) in [5.74, 6) is -0.125. The normalized spacial score (nSPS) is 11.6. The molecule has 0 aliphatic carbocycles. The highest BCUT2D eigenvalue weighted by Crippen LogP contribution is 2.25. The molecule has 2 aromatic rings. The summed E-state index contributed by atoms with van der Waals surface area (Å²) >= 11 is 5.82. The fourth-order valence-corrected chi connectivity index (χ4v) is 3.96. The van der Waals surface area contributed by atoms with Crippen LogP contribution in [-0.2, 0) is 15.6 Å². The van der Waals surface area contributed by atoms with Crippen LogP contribution in [0, 0.1) is 13.8 Å². The lowest BCUT2D eigenvalue weighted by Crippen LogP contribution is -2.08. The molecule has 5 heteroatoms. The van der Waals surface area contributed by atoms with Gasteiger partial charge in [0.2, 0.25) is 0 Å². The van der Waals surface area contributed by atoms with Gasteiger partial charge in [-0.25, -0.2) is 8.42 Å². The van der Waals surface area contributed by atoms with Crippen LogP contribution >= 0.6 is 11.6 Å². The summed E-state index contributed by atoms with van der Waals surface area (Å²) in [5, 5.41) is 0.496. The zero-order valence-corrected chi connectivity index (χ0v) is 12.9. The van der Waals surface area contributed by atoms with E-state index in [-0.39, 0.29) is 5.75 Å². The number of hydrogen-bond acceptors (Lipinski definition) is 3. The number of hydrogen-bond donors (Lipinski definition) is 1. The number of sulfone groups is 1. The monoisotopic (exact) mass is 309 g/mol. The van der Waals surface area contributed by atoms with Gasteiger partial charge in [-0.1, -0.05) is 35.4 Å². The van der Waals surface area contributed by atoms with E-state index in [9.17, 15) is 8.42 Å². The smallest absolute Gasteiger partial charge is 0.182 e. The number of nitrogen functional groups attached to an aromatic ring is 1. The van der Waals surface area contributed by atoms with Gasteiger partial charge in [0, 0.05) is 10.7 Å². The van der Waals surface area contributed by atoms with Crippen molar-refractivity contribution in [3.63, 3.8) is 0 Å². The van der Waals surface area contributed by atoms with E-state index in [1.165, 1.54) is 0 Å². The molecular formula is C15H16ClNO2S. The lowest BCUT2D eigenvalue weighted by Gasteiger charge is -2.10. The fraction of sp³-hybridized carbons (Fsp3) is 0.200. The Labute approximate surface area is 124 Å². The zero-order chi connectivity index (χ0) is 14.9. The van der Waals surface area contributed by atoms with Crippen LogP contribution in [0.5, 0.6) is 0 Å². The van der Waals surface area contributed by atoms with Crippen LogP contribution in [0.4, 0.5) is 5.69 Å².